The van der Waals surface area contributed by atoms with Gasteiger partial charge in [-0.3, -0.25) is 4.79 Å². The first-order valence-electron chi connectivity index (χ1n) is 7.85. The maximum atomic E-state index is 13.1. The Balaban J connectivity index is 0.00000264. The molecule has 6 heteroatoms. The first kappa shape index (κ1) is 20.2. The van der Waals surface area contributed by atoms with Gasteiger partial charge in [0.05, 0.1) is 5.41 Å². The highest BCUT2D eigenvalue weighted by Gasteiger charge is 2.42. The van der Waals surface area contributed by atoms with Gasteiger partial charge in [-0.15, -0.1) is 12.4 Å². The predicted molar refractivity (Wildman–Crippen MR) is 96.2 cm³/mol. The van der Waals surface area contributed by atoms with Crippen molar-refractivity contribution in [2.45, 2.75) is 26.3 Å². The summed E-state index contributed by atoms with van der Waals surface area (Å²) in [6, 6.07) is 7.71. The van der Waals surface area contributed by atoms with Crippen LogP contribution in [0.2, 0.25) is 5.02 Å². The second-order valence-electron chi connectivity index (χ2n) is 5.86. The lowest BCUT2D eigenvalue weighted by molar-refractivity contribution is -0.142. The maximum Gasteiger partial charge on any atom is 0.230 e. The average molecular weight is 361 g/mol. The number of benzene rings is 1. The van der Waals surface area contributed by atoms with Crippen LogP contribution in [0.25, 0.3) is 0 Å². The molecule has 1 heterocycles. The Morgan fingerprint density at radius 3 is 2.74 bits per heavy atom. The zero-order valence-electron chi connectivity index (χ0n) is 13.8. The van der Waals surface area contributed by atoms with Gasteiger partial charge in [-0.1, -0.05) is 29.8 Å². The van der Waals surface area contributed by atoms with Crippen molar-refractivity contribution in [2.24, 2.45) is 5.41 Å². The Kier molecular flexibility index (Phi) is 8.34. The molecule has 2 rings (SSSR count). The smallest absolute Gasteiger partial charge is 0.230 e. The molecule has 1 unspecified atom stereocenters. The van der Waals surface area contributed by atoms with Gasteiger partial charge in [0.1, 0.15) is 0 Å². The molecule has 130 valence electrons. The van der Waals surface area contributed by atoms with E-state index >= 15 is 0 Å². The van der Waals surface area contributed by atoms with Crippen LogP contribution in [-0.2, 0) is 16.1 Å². The highest BCUT2D eigenvalue weighted by molar-refractivity contribution is 6.31. The number of rotatable bonds is 7. The minimum atomic E-state index is -0.340. The number of hydrogen-bond acceptors (Lipinski definition) is 3. The number of nitrogens with zero attached hydrogens (tertiary/aromatic N) is 1. The summed E-state index contributed by atoms with van der Waals surface area (Å²) in [5.41, 5.74) is 0.653. The van der Waals surface area contributed by atoms with Crippen LogP contribution in [0.3, 0.4) is 0 Å². The van der Waals surface area contributed by atoms with Crippen molar-refractivity contribution in [3.05, 3.63) is 34.9 Å². The van der Waals surface area contributed by atoms with Crippen LogP contribution in [0.15, 0.2) is 24.3 Å². The summed E-state index contributed by atoms with van der Waals surface area (Å²) in [7, 11) is 1.68. The number of carbonyl (C=O) groups excluding carboxylic acids is 1. The normalized spacial score (nSPS) is 20.1. The molecular weight excluding hydrogens is 335 g/mol. The highest BCUT2D eigenvalue weighted by Crippen LogP contribution is 2.33. The van der Waals surface area contributed by atoms with Crippen LogP contribution < -0.4 is 5.32 Å². The molecule has 1 aromatic rings. The summed E-state index contributed by atoms with van der Waals surface area (Å²) in [5, 5.41) is 4.04. The third kappa shape index (κ3) is 4.83. The second kappa shape index (κ2) is 9.48. The van der Waals surface area contributed by atoms with Crippen LogP contribution in [0.5, 0.6) is 0 Å². The van der Waals surface area contributed by atoms with Gasteiger partial charge in [0.2, 0.25) is 5.91 Å². The van der Waals surface area contributed by atoms with Gasteiger partial charge in [-0.25, -0.2) is 0 Å². The lowest BCUT2D eigenvalue weighted by atomic mass is 9.82. The zero-order chi connectivity index (χ0) is 16.0. The summed E-state index contributed by atoms with van der Waals surface area (Å²) in [6.07, 6.45) is 1.63. The van der Waals surface area contributed by atoms with E-state index in [0.29, 0.717) is 24.7 Å². The van der Waals surface area contributed by atoms with Gasteiger partial charge < -0.3 is 15.0 Å². The zero-order valence-corrected chi connectivity index (χ0v) is 15.4. The molecule has 0 aromatic heterocycles. The predicted octanol–water partition coefficient (Wildman–Crippen LogP) is 3.13. The molecule has 1 aliphatic heterocycles. The fourth-order valence-corrected chi connectivity index (χ4v) is 3.23. The number of methoxy groups -OCH3 is 1. The van der Waals surface area contributed by atoms with Crippen molar-refractivity contribution in [1.82, 2.24) is 10.2 Å². The van der Waals surface area contributed by atoms with Crippen molar-refractivity contribution >= 4 is 29.9 Å². The second-order valence-corrected chi connectivity index (χ2v) is 6.27. The third-order valence-electron chi connectivity index (χ3n) is 4.47. The first-order chi connectivity index (χ1) is 10.6. The topological polar surface area (TPSA) is 41.6 Å². The summed E-state index contributed by atoms with van der Waals surface area (Å²) < 4.78 is 5.21. The molecule has 0 radical (unpaired) electrons. The molecule has 23 heavy (non-hydrogen) atoms. The van der Waals surface area contributed by atoms with Crippen molar-refractivity contribution in [3.8, 4) is 0 Å². The molecule has 1 N–H and O–H groups in total. The SMILES string of the molecule is CCN(Cc1ccccc1Cl)C(=O)C1(CCOC)CCNC1.Cl. The molecule has 1 aliphatic rings. The van der Waals surface area contributed by atoms with E-state index < -0.39 is 0 Å². The molecule has 0 aliphatic carbocycles. The van der Waals surface area contributed by atoms with Crippen LogP contribution in [0, 0.1) is 5.41 Å². The number of carbonyl (C=O) groups is 1. The van der Waals surface area contributed by atoms with E-state index in [1.807, 2.05) is 36.1 Å². The van der Waals surface area contributed by atoms with Gasteiger partial charge in [0, 0.05) is 38.4 Å². The summed E-state index contributed by atoms with van der Waals surface area (Å²) in [6.45, 7) is 5.48. The Morgan fingerprint density at radius 2 is 2.17 bits per heavy atom. The molecule has 1 saturated heterocycles. The van der Waals surface area contributed by atoms with Crippen LogP contribution >= 0.6 is 24.0 Å². The molecule has 0 bridgehead atoms. The van der Waals surface area contributed by atoms with Gasteiger partial charge in [0.25, 0.3) is 0 Å². The maximum absolute atomic E-state index is 13.1. The molecule has 0 saturated carbocycles. The van der Waals surface area contributed by atoms with E-state index in [4.69, 9.17) is 16.3 Å². The van der Waals surface area contributed by atoms with Gasteiger partial charge >= 0.3 is 0 Å². The Morgan fingerprint density at radius 1 is 1.43 bits per heavy atom. The summed E-state index contributed by atoms with van der Waals surface area (Å²) >= 11 is 6.24. The van der Waals surface area contributed by atoms with E-state index in [1.54, 1.807) is 7.11 Å². The standard InChI is InChI=1S/C17H25ClN2O2.ClH/c1-3-20(12-14-6-4-5-7-15(14)18)16(21)17(9-11-22-2)8-10-19-13-17;/h4-7,19H,3,8-13H2,1-2H3;1H. The largest absolute Gasteiger partial charge is 0.385 e. The van der Waals surface area contributed by atoms with Crippen molar-refractivity contribution in [3.63, 3.8) is 0 Å². The lowest BCUT2D eigenvalue weighted by Gasteiger charge is -2.33. The first-order valence-corrected chi connectivity index (χ1v) is 8.23. The fourth-order valence-electron chi connectivity index (χ4n) is 3.04. The van der Waals surface area contributed by atoms with Gasteiger partial charge in [0.15, 0.2) is 0 Å². The molecule has 1 fully saturated rings. The van der Waals surface area contributed by atoms with Crippen LogP contribution in [0.4, 0.5) is 0 Å². The van der Waals surface area contributed by atoms with E-state index in [2.05, 4.69) is 5.32 Å². The molecule has 1 amide bonds. The average Bonchev–Trinajstić information content (AvgIpc) is 3.01. The number of halogens is 2. The molecule has 1 aromatic carbocycles. The minimum Gasteiger partial charge on any atom is -0.385 e. The van der Waals surface area contributed by atoms with E-state index in [0.717, 1.165) is 31.5 Å². The summed E-state index contributed by atoms with van der Waals surface area (Å²) in [5.74, 6) is 0.206. The van der Waals surface area contributed by atoms with E-state index in [9.17, 15) is 4.79 Å². The number of hydrogen-bond donors (Lipinski definition) is 1. The van der Waals surface area contributed by atoms with Gasteiger partial charge in [-0.05, 0) is 37.9 Å². The number of ether oxygens (including phenoxy) is 1. The Bertz CT molecular complexity index is 505. The Labute approximate surface area is 149 Å². The fraction of sp³-hybridized carbons (Fsp3) is 0.588. The molecule has 1 atom stereocenters. The molecular formula is C17H26Cl2N2O2. The molecule has 4 nitrogen and oxygen atoms in total. The quantitative estimate of drug-likeness (QED) is 0.811. The van der Waals surface area contributed by atoms with Crippen LogP contribution in [-0.4, -0.2) is 44.2 Å². The van der Waals surface area contributed by atoms with Crippen molar-refractivity contribution in [1.29, 1.82) is 0 Å². The van der Waals surface area contributed by atoms with Crippen LogP contribution in [0.1, 0.15) is 25.3 Å². The molecule has 0 spiro atoms. The van der Waals surface area contributed by atoms with Gasteiger partial charge in [-0.2, -0.15) is 0 Å². The van der Waals surface area contributed by atoms with E-state index in [-0.39, 0.29) is 23.7 Å². The third-order valence-corrected chi connectivity index (χ3v) is 4.84. The lowest BCUT2D eigenvalue weighted by Crippen LogP contribution is -2.45. The number of amides is 1. The van der Waals surface area contributed by atoms with Crippen molar-refractivity contribution < 1.29 is 9.53 Å². The Hall–Kier alpha value is -0.810. The van der Waals surface area contributed by atoms with E-state index in [1.165, 1.54) is 0 Å². The monoisotopic (exact) mass is 360 g/mol. The minimum absolute atomic E-state index is 0. The number of nitrogens with one attached hydrogen (secondary N) is 1. The highest BCUT2D eigenvalue weighted by atomic mass is 35.5. The van der Waals surface area contributed by atoms with Crippen molar-refractivity contribution in [2.75, 3.05) is 33.4 Å². The summed E-state index contributed by atoms with van der Waals surface area (Å²) in [4.78, 5) is 15.0.